The second-order valence-electron chi connectivity index (χ2n) is 3.81. The van der Waals surface area contributed by atoms with Crippen LogP contribution in [0.1, 0.15) is 15.9 Å². The highest BCUT2D eigenvalue weighted by Gasteiger charge is 2.08. The van der Waals surface area contributed by atoms with Crippen molar-refractivity contribution < 1.29 is 4.79 Å². The minimum atomic E-state index is -0.439. The maximum Gasteiger partial charge on any atom is 0.252 e. The molecule has 1 nitrogen and oxygen atoms in total. The predicted molar refractivity (Wildman–Crippen MR) is 71.8 cm³/mol. The average Bonchev–Trinajstić information content (AvgIpc) is 2.29. The third kappa shape index (κ3) is 2.68. The van der Waals surface area contributed by atoms with Gasteiger partial charge in [-0.15, -0.1) is 0 Å². The summed E-state index contributed by atoms with van der Waals surface area (Å²) in [5.41, 5.74) is 3.30. The van der Waals surface area contributed by atoms with E-state index in [4.69, 9.17) is 23.2 Å². The van der Waals surface area contributed by atoms with Gasteiger partial charge in [-0.1, -0.05) is 35.9 Å². The largest absolute Gasteiger partial charge is 0.276 e. The second kappa shape index (κ2) is 4.91. The van der Waals surface area contributed by atoms with Crippen molar-refractivity contribution in [2.24, 2.45) is 0 Å². The van der Waals surface area contributed by atoms with Gasteiger partial charge < -0.3 is 0 Å². The van der Waals surface area contributed by atoms with E-state index < -0.39 is 5.24 Å². The normalized spacial score (nSPS) is 10.3. The van der Waals surface area contributed by atoms with Gasteiger partial charge in [-0.25, -0.2) is 0 Å². The molecule has 0 spiro atoms. The molecule has 2 rings (SSSR count). The Balaban J connectivity index is 2.54. The minimum absolute atomic E-state index is 0.439. The minimum Gasteiger partial charge on any atom is -0.276 e. The van der Waals surface area contributed by atoms with Crippen molar-refractivity contribution in [2.45, 2.75) is 6.92 Å². The van der Waals surface area contributed by atoms with Crippen molar-refractivity contribution in [3.05, 3.63) is 58.6 Å². The van der Waals surface area contributed by atoms with Crippen molar-refractivity contribution in [2.75, 3.05) is 0 Å². The SMILES string of the molecule is Cc1ccc(-c2cccc(Cl)c2)cc1C(=O)Cl. The van der Waals surface area contributed by atoms with Crippen LogP contribution in [0.15, 0.2) is 42.5 Å². The lowest BCUT2D eigenvalue weighted by molar-refractivity contribution is 0.108. The van der Waals surface area contributed by atoms with E-state index in [2.05, 4.69) is 0 Å². The van der Waals surface area contributed by atoms with Crippen LogP contribution in [0.3, 0.4) is 0 Å². The number of hydrogen-bond acceptors (Lipinski definition) is 1. The number of aryl methyl sites for hydroxylation is 1. The predicted octanol–water partition coefficient (Wildman–Crippen LogP) is 4.69. The lowest BCUT2D eigenvalue weighted by Crippen LogP contribution is -1.93. The van der Waals surface area contributed by atoms with Gasteiger partial charge in [0.2, 0.25) is 0 Å². The molecule has 2 aromatic carbocycles. The quantitative estimate of drug-likeness (QED) is 0.719. The molecule has 0 aromatic heterocycles. The Morgan fingerprint density at radius 1 is 1.06 bits per heavy atom. The highest BCUT2D eigenvalue weighted by molar-refractivity contribution is 6.68. The number of carbonyl (C=O) groups is 1. The molecule has 0 radical (unpaired) electrons. The van der Waals surface area contributed by atoms with E-state index in [1.54, 1.807) is 6.07 Å². The van der Waals surface area contributed by atoms with Crippen LogP contribution in [0, 0.1) is 6.92 Å². The fourth-order valence-electron chi connectivity index (χ4n) is 1.68. The van der Waals surface area contributed by atoms with E-state index in [-0.39, 0.29) is 0 Å². The number of benzene rings is 2. The first-order chi connectivity index (χ1) is 8.08. The highest BCUT2D eigenvalue weighted by Crippen LogP contribution is 2.25. The zero-order valence-corrected chi connectivity index (χ0v) is 10.7. The maximum absolute atomic E-state index is 11.3. The van der Waals surface area contributed by atoms with E-state index in [0.717, 1.165) is 16.7 Å². The molecule has 0 N–H and O–H groups in total. The average molecular weight is 265 g/mol. The van der Waals surface area contributed by atoms with Crippen LogP contribution in [-0.2, 0) is 0 Å². The molecule has 0 aliphatic rings. The molecule has 17 heavy (non-hydrogen) atoms. The molecule has 0 unspecified atom stereocenters. The van der Waals surface area contributed by atoms with Gasteiger partial charge in [0, 0.05) is 10.6 Å². The Hall–Kier alpha value is -1.31. The van der Waals surface area contributed by atoms with Crippen LogP contribution in [0.25, 0.3) is 11.1 Å². The zero-order valence-electron chi connectivity index (χ0n) is 9.21. The van der Waals surface area contributed by atoms with Crippen molar-refractivity contribution >= 4 is 28.4 Å². The van der Waals surface area contributed by atoms with Crippen molar-refractivity contribution in [3.8, 4) is 11.1 Å². The fourth-order valence-corrected chi connectivity index (χ4v) is 2.08. The summed E-state index contributed by atoms with van der Waals surface area (Å²) >= 11 is 11.5. The van der Waals surface area contributed by atoms with Gasteiger partial charge in [-0.05, 0) is 53.4 Å². The molecule has 0 saturated heterocycles. The summed E-state index contributed by atoms with van der Waals surface area (Å²) in [6.07, 6.45) is 0. The van der Waals surface area contributed by atoms with Crippen molar-refractivity contribution in [3.63, 3.8) is 0 Å². The Morgan fingerprint density at radius 3 is 2.41 bits per heavy atom. The Kier molecular flexibility index (Phi) is 3.51. The van der Waals surface area contributed by atoms with E-state index in [9.17, 15) is 4.79 Å². The van der Waals surface area contributed by atoms with Crippen LogP contribution in [0.4, 0.5) is 0 Å². The summed E-state index contributed by atoms with van der Waals surface area (Å²) in [5, 5.41) is 0.230. The molecule has 86 valence electrons. The van der Waals surface area contributed by atoms with Gasteiger partial charge in [0.1, 0.15) is 0 Å². The molecule has 0 saturated carbocycles. The molecule has 2 aromatic rings. The maximum atomic E-state index is 11.3. The monoisotopic (exact) mass is 264 g/mol. The molecule has 0 atom stereocenters. The number of halogens is 2. The van der Waals surface area contributed by atoms with E-state index >= 15 is 0 Å². The second-order valence-corrected chi connectivity index (χ2v) is 4.59. The lowest BCUT2D eigenvalue weighted by atomic mass is 10.0. The first-order valence-corrected chi connectivity index (χ1v) is 5.90. The molecular formula is C14H10Cl2O. The van der Waals surface area contributed by atoms with Crippen LogP contribution in [0.2, 0.25) is 5.02 Å². The van der Waals surface area contributed by atoms with Crippen molar-refractivity contribution in [1.29, 1.82) is 0 Å². The van der Waals surface area contributed by atoms with Crippen LogP contribution >= 0.6 is 23.2 Å². The number of hydrogen-bond donors (Lipinski definition) is 0. The topological polar surface area (TPSA) is 17.1 Å². The summed E-state index contributed by atoms with van der Waals surface area (Å²) in [4.78, 5) is 11.3. The molecule has 0 aliphatic carbocycles. The van der Waals surface area contributed by atoms with Gasteiger partial charge >= 0.3 is 0 Å². The molecule has 0 bridgehead atoms. The summed E-state index contributed by atoms with van der Waals surface area (Å²) in [6, 6.07) is 13.1. The van der Waals surface area contributed by atoms with Gasteiger partial charge in [0.05, 0.1) is 0 Å². The highest BCUT2D eigenvalue weighted by atomic mass is 35.5. The Bertz CT molecular complexity index is 576. The number of carbonyl (C=O) groups excluding carboxylic acids is 1. The van der Waals surface area contributed by atoms with Crippen LogP contribution in [0.5, 0.6) is 0 Å². The molecule has 0 fully saturated rings. The first-order valence-electron chi connectivity index (χ1n) is 5.14. The van der Waals surface area contributed by atoms with Crippen molar-refractivity contribution in [1.82, 2.24) is 0 Å². The lowest BCUT2D eigenvalue weighted by Gasteiger charge is -2.06. The van der Waals surface area contributed by atoms with Gasteiger partial charge in [0.25, 0.3) is 5.24 Å². The van der Waals surface area contributed by atoms with Gasteiger partial charge in [-0.2, -0.15) is 0 Å². The third-order valence-electron chi connectivity index (χ3n) is 2.61. The molecular weight excluding hydrogens is 255 g/mol. The Morgan fingerprint density at radius 2 is 1.76 bits per heavy atom. The molecule has 0 amide bonds. The van der Waals surface area contributed by atoms with E-state index in [1.165, 1.54) is 0 Å². The zero-order chi connectivity index (χ0) is 12.4. The van der Waals surface area contributed by atoms with Gasteiger partial charge in [-0.3, -0.25) is 4.79 Å². The van der Waals surface area contributed by atoms with E-state index in [0.29, 0.717) is 10.6 Å². The summed E-state index contributed by atoms with van der Waals surface area (Å²) in [7, 11) is 0. The fraction of sp³-hybridized carbons (Fsp3) is 0.0714. The summed E-state index contributed by atoms with van der Waals surface area (Å²) in [5.74, 6) is 0. The molecule has 0 heterocycles. The summed E-state index contributed by atoms with van der Waals surface area (Å²) < 4.78 is 0. The third-order valence-corrected chi connectivity index (χ3v) is 3.05. The number of rotatable bonds is 2. The molecule has 3 heteroatoms. The van der Waals surface area contributed by atoms with Crippen LogP contribution < -0.4 is 0 Å². The molecule has 0 aliphatic heterocycles. The smallest absolute Gasteiger partial charge is 0.252 e. The standard InChI is InChI=1S/C14H10Cl2O/c1-9-5-6-11(8-13(9)14(16)17)10-3-2-4-12(15)7-10/h2-8H,1H3. The summed E-state index contributed by atoms with van der Waals surface area (Å²) in [6.45, 7) is 1.86. The van der Waals surface area contributed by atoms with Crippen LogP contribution in [-0.4, -0.2) is 5.24 Å². The van der Waals surface area contributed by atoms with E-state index in [1.807, 2.05) is 43.3 Å². The first kappa shape index (κ1) is 12.2. The Labute approximate surface area is 110 Å². The van der Waals surface area contributed by atoms with Gasteiger partial charge in [0.15, 0.2) is 0 Å².